The van der Waals surface area contributed by atoms with Crippen molar-refractivity contribution < 1.29 is 13.7 Å². The SMILES string of the molecule is O=C(CCn1cnc2cc(-c3noc(-c4ccc(Br)o4)n3)ccc21)N1CCCC1. The normalized spacial score (nSPS) is 14.2. The van der Waals surface area contributed by atoms with Crippen LogP contribution in [0.5, 0.6) is 0 Å². The van der Waals surface area contributed by atoms with Crippen LogP contribution in [-0.4, -0.2) is 43.6 Å². The van der Waals surface area contributed by atoms with E-state index >= 15 is 0 Å². The predicted octanol–water partition coefficient (Wildman–Crippen LogP) is 4.12. The van der Waals surface area contributed by atoms with Crippen molar-refractivity contribution in [2.24, 2.45) is 0 Å². The number of hydrogen-bond donors (Lipinski definition) is 0. The van der Waals surface area contributed by atoms with E-state index in [0.29, 0.717) is 35.1 Å². The van der Waals surface area contributed by atoms with Crippen LogP contribution in [0.15, 0.2) is 50.3 Å². The van der Waals surface area contributed by atoms with Crippen LogP contribution in [-0.2, 0) is 11.3 Å². The first-order chi connectivity index (χ1) is 14.2. The van der Waals surface area contributed by atoms with Gasteiger partial charge in [0.15, 0.2) is 10.4 Å². The Balaban J connectivity index is 1.34. The highest BCUT2D eigenvalue weighted by Gasteiger charge is 2.18. The smallest absolute Gasteiger partial charge is 0.293 e. The van der Waals surface area contributed by atoms with Gasteiger partial charge in [0.2, 0.25) is 11.7 Å². The fourth-order valence-electron chi connectivity index (χ4n) is 3.59. The molecular weight excluding hydrogens is 438 g/mol. The number of halogens is 1. The van der Waals surface area contributed by atoms with Gasteiger partial charge in [0.05, 0.1) is 17.4 Å². The highest BCUT2D eigenvalue weighted by Crippen LogP contribution is 2.27. The molecule has 1 aliphatic heterocycles. The lowest BCUT2D eigenvalue weighted by Crippen LogP contribution is -2.28. The van der Waals surface area contributed by atoms with E-state index in [9.17, 15) is 4.79 Å². The molecule has 1 saturated heterocycles. The van der Waals surface area contributed by atoms with E-state index in [1.165, 1.54) is 0 Å². The number of hydrogen-bond acceptors (Lipinski definition) is 6. The quantitative estimate of drug-likeness (QED) is 0.449. The van der Waals surface area contributed by atoms with Crippen LogP contribution in [0.4, 0.5) is 0 Å². The summed E-state index contributed by atoms with van der Waals surface area (Å²) in [6.07, 6.45) is 4.48. The molecule has 5 rings (SSSR count). The maximum absolute atomic E-state index is 12.3. The third kappa shape index (κ3) is 3.57. The number of rotatable bonds is 5. The highest BCUT2D eigenvalue weighted by molar-refractivity contribution is 9.10. The maximum atomic E-state index is 12.3. The maximum Gasteiger partial charge on any atom is 0.293 e. The summed E-state index contributed by atoms with van der Waals surface area (Å²) in [5.41, 5.74) is 2.60. The van der Waals surface area contributed by atoms with Gasteiger partial charge >= 0.3 is 0 Å². The van der Waals surface area contributed by atoms with E-state index in [4.69, 9.17) is 8.94 Å². The second-order valence-corrected chi connectivity index (χ2v) is 7.79. The predicted molar refractivity (Wildman–Crippen MR) is 109 cm³/mol. The molecule has 0 unspecified atom stereocenters. The Labute approximate surface area is 174 Å². The van der Waals surface area contributed by atoms with Gasteiger partial charge in [-0.15, -0.1) is 0 Å². The minimum atomic E-state index is 0.213. The molecule has 4 heterocycles. The van der Waals surface area contributed by atoms with Crippen molar-refractivity contribution in [2.45, 2.75) is 25.8 Å². The molecule has 0 radical (unpaired) electrons. The molecule has 1 aliphatic rings. The van der Waals surface area contributed by atoms with Gasteiger partial charge in [-0.3, -0.25) is 4.79 Å². The van der Waals surface area contributed by atoms with Gasteiger partial charge < -0.3 is 18.4 Å². The molecule has 0 aliphatic carbocycles. The number of amides is 1. The Morgan fingerprint density at radius 2 is 2.03 bits per heavy atom. The second-order valence-electron chi connectivity index (χ2n) is 7.01. The first-order valence-electron chi connectivity index (χ1n) is 9.50. The van der Waals surface area contributed by atoms with Crippen LogP contribution in [0.1, 0.15) is 19.3 Å². The molecule has 1 amide bonds. The van der Waals surface area contributed by atoms with Crippen LogP contribution in [0.2, 0.25) is 0 Å². The van der Waals surface area contributed by atoms with E-state index in [1.807, 2.05) is 27.7 Å². The molecule has 3 aromatic heterocycles. The Morgan fingerprint density at radius 3 is 2.83 bits per heavy atom. The average molecular weight is 456 g/mol. The monoisotopic (exact) mass is 455 g/mol. The summed E-state index contributed by atoms with van der Waals surface area (Å²) in [4.78, 5) is 23.1. The molecule has 4 aromatic rings. The van der Waals surface area contributed by atoms with Crippen LogP contribution in [0.3, 0.4) is 0 Å². The Hall–Kier alpha value is -2.94. The molecule has 9 heteroatoms. The molecule has 0 bridgehead atoms. The fourth-order valence-corrected chi connectivity index (χ4v) is 3.90. The van der Waals surface area contributed by atoms with Gasteiger partial charge in [-0.05, 0) is 59.1 Å². The minimum Gasteiger partial charge on any atom is -0.444 e. The summed E-state index contributed by atoms with van der Waals surface area (Å²) in [6.45, 7) is 2.38. The molecule has 29 heavy (non-hydrogen) atoms. The number of carbonyl (C=O) groups is 1. The molecule has 0 atom stereocenters. The van der Waals surface area contributed by atoms with Gasteiger partial charge in [-0.2, -0.15) is 4.98 Å². The van der Waals surface area contributed by atoms with Crippen molar-refractivity contribution in [1.29, 1.82) is 0 Å². The van der Waals surface area contributed by atoms with Crippen LogP contribution in [0.25, 0.3) is 34.1 Å². The lowest BCUT2D eigenvalue weighted by atomic mass is 10.2. The molecule has 1 aromatic carbocycles. The molecule has 0 N–H and O–H groups in total. The summed E-state index contributed by atoms with van der Waals surface area (Å²) < 4.78 is 13.4. The largest absolute Gasteiger partial charge is 0.444 e. The number of benzene rings is 1. The van der Waals surface area contributed by atoms with E-state index in [-0.39, 0.29) is 5.91 Å². The summed E-state index contributed by atoms with van der Waals surface area (Å²) in [6, 6.07) is 9.34. The van der Waals surface area contributed by atoms with E-state index in [2.05, 4.69) is 31.1 Å². The molecule has 1 fully saturated rings. The number of likely N-dealkylation sites (tertiary alicyclic amines) is 1. The first kappa shape index (κ1) is 18.1. The summed E-state index contributed by atoms with van der Waals surface area (Å²) in [7, 11) is 0. The van der Waals surface area contributed by atoms with Crippen LogP contribution < -0.4 is 0 Å². The third-order valence-electron chi connectivity index (χ3n) is 5.11. The fraction of sp³-hybridized carbons (Fsp3) is 0.300. The molecular formula is C20H18BrN5O3. The van der Waals surface area contributed by atoms with Crippen molar-refractivity contribution in [3.05, 3.63) is 41.3 Å². The van der Waals surface area contributed by atoms with Gasteiger partial charge in [0.1, 0.15) is 0 Å². The number of aromatic nitrogens is 4. The number of carbonyl (C=O) groups excluding carboxylic acids is 1. The third-order valence-corrected chi connectivity index (χ3v) is 5.54. The van der Waals surface area contributed by atoms with Crippen molar-refractivity contribution in [2.75, 3.05) is 13.1 Å². The van der Waals surface area contributed by atoms with Crippen molar-refractivity contribution in [3.63, 3.8) is 0 Å². The minimum absolute atomic E-state index is 0.213. The zero-order valence-electron chi connectivity index (χ0n) is 15.5. The van der Waals surface area contributed by atoms with Gasteiger partial charge in [0, 0.05) is 31.6 Å². The van der Waals surface area contributed by atoms with E-state index in [0.717, 1.165) is 42.5 Å². The lowest BCUT2D eigenvalue weighted by molar-refractivity contribution is -0.130. The van der Waals surface area contributed by atoms with Crippen molar-refractivity contribution >= 4 is 32.9 Å². The topological polar surface area (TPSA) is 90.2 Å². The summed E-state index contributed by atoms with van der Waals surface area (Å²) >= 11 is 3.26. The number of fused-ring (bicyclic) bond motifs is 1. The summed E-state index contributed by atoms with van der Waals surface area (Å²) in [5, 5.41) is 4.04. The van der Waals surface area contributed by atoms with Gasteiger partial charge in [0.25, 0.3) is 5.89 Å². The molecule has 148 valence electrons. The zero-order chi connectivity index (χ0) is 19.8. The first-order valence-corrected chi connectivity index (χ1v) is 10.3. The van der Waals surface area contributed by atoms with Crippen molar-refractivity contribution in [3.8, 4) is 23.0 Å². The molecule has 0 spiro atoms. The number of imidazole rings is 1. The number of nitrogens with zero attached hydrogens (tertiary/aromatic N) is 5. The van der Waals surface area contributed by atoms with Crippen LogP contribution in [0, 0.1) is 0 Å². The van der Waals surface area contributed by atoms with Gasteiger partial charge in [-0.25, -0.2) is 4.98 Å². The Morgan fingerprint density at radius 1 is 1.17 bits per heavy atom. The highest BCUT2D eigenvalue weighted by atomic mass is 79.9. The zero-order valence-corrected chi connectivity index (χ0v) is 17.1. The van der Waals surface area contributed by atoms with E-state index < -0.39 is 0 Å². The standard InChI is InChI=1S/C20H18BrN5O3/c21-17-6-5-16(28-17)20-23-19(24-29-20)13-3-4-15-14(11-13)22-12-26(15)10-7-18(27)25-8-1-2-9-25/h3-6,11-12H,1-2,7-10H2. The van der Waals surface area contributed by atoms with E-state index in [1.54, 1.807) is 18.5 Å². The number of aryl methyl sites for hydroxylation is 1. The lowest BCUT2D eigenvalue weighted by Gasteiger charge is -2.15. The Kier molecular flexibility index (Phi) is 4.67. The molecule has 0 saturated carbocycles. The van der Waals surface area contributed by atoms with Crippen LogP contribution >= 0.6 is 15.9 Å². The number of furan rings is 1. The summed E-state index contributed by atoms with van der Waals surface area (Å²) in [5.74, 6) is 1.50. The average Bonchev–Trinajstić information content (AvgIpc) is 3.52. The molecule has 8 nitrogen and oxygen atoms in total. The Bertz CT molecular complexity index is 1170. The second kappa shape index (κ2) is 7.47. The van der Waals surface area contributed by atoms with Crippen molar-refractivity contribution in [1.82, 2.24) is 24.6 Å². The van der Waals surface area contributed by atoms with Gasteiger partial charge in [-0.1, -0.05) is 5.16 Å².